The molecule has 1 atom stereocenters. The molecule has 7 heteroatoms. The van der Waals surface area contributed by atoms with Gasteiger partial charge in [-0.2, -0.15) is 13.2 Å². The number of nitrogens with zero attached hydrogens (tertiary/aromatic N) is 1. The minimum atomic E-state index is -4.29. The zero-order chi connectivity index (χ0) is 16.3. The zero-order valence-electron chi connectivity index (χ0n) is 13.5. The van der Waals surface area contributed by atoms with E-state index in [1.807, 2.05) is 36.4 Å². The van der Waals surface area contributed by atoms with Crippen LogP contribution in [0.1, 0.15) is 11.6 Å². The summed E-state index contributed by atoms with van der Waals surface area (Å²) in [5.41, 5.74) is 2.05. The van der Waals surface area contributed by atoms with E-state index in [0.29, 0.717) is 31.7 Å². The van der Waals surface area contributed by atoms with E-state index in [0.717, 1.165) is 11.1 Å². The van der Waals surface area contributed by atoms with Gasteiger partial charge in [-0.25, -0.2) is 0 Å². The standard InChI is InChI=1S/C18H19F3N2.2ClH/c19-18(20,21)17(23-11-9-22-10-12-23)16-8-4-7-15(13-16)14-5-2-1-3-6-14;;/h1-8,13,17,22H,9-12H2;2*1H/t17-;;/m1../s1. The van der Waals surface area contributed by atoms with Gasteiger partial charge in [-0.3, -0.25) is 4.90 Å². The van der Waals surface area contributed by atoms with Crippen LogP contribution in [0.2, 0.25) is 0 Å². The molecule has 25 heavy (non-hydrogen) atoms. The van der Waals surface area contributed by atoms with Gasteiger partial charge in [0.25, 0.3) is 0 Å². The van der Waals surface area contributed by atoms with Gasteiger partial charge in [0.2, 0.25) is 0 Å². The number of nitrogens with one attached hydrogen (secondary N) is 1. The molecule has 1 aliphatic heterocycles. The summed E-state index contributed by atoms with van der Waals surface area (Å²) in [6, 6.07) is 14.7. The lowest BCUT2D eigenvalue weighted by Crippen LogP contribution is -2.49. The summed E-state index contributed by atoms with van der Waals surface area (Å²) >= 11 is 0. The highest BCUT2D eigenvalue weighted by Gasteiger charge is 2.44. The first-order valence-corrected chi connectivity index (χ1v) is 7.72. The van der Waals surface area contributed by atoms with E-state index in [1.165, 1.54) is 4.90 Å². The third kappa shape index (κ3) is 5.35. The Morgan fingerprint density at radius 1 is 0.840 bits per heavy atom. The van der Waals surface area contributed by atoms with Gasteiger partial charge in [-0.15, -0.1) is 24.8 Å². The van der Waals surface area contributed by atoms with Crippen LogP contribution in [0.4, 0.5) is 13.2 Å². The molecule has 2 aromatic carbocycles. The van der Waals surface area contributed by atoms with Gasteiger partial charge in [-0.1, -0.05) is 48.5 Å². The van der Waals surface area contributed by atoms with Crippen LogP contribution in [0, 0.1) is 0 Å². The van der Waals surface area contributed by atoms with Gasteiger partial charge in [0, 0.05) is 26.2 Å². The molecular weight excluding hydrogens is 372 g/mol. The lowest BCUT2D eigenvalue weighted by atomic mass is 9.98. The molecule has 2 nitrogen and oxygen atoms in total. The van der Waals surface area contributed by atoms with Crippen LogP contribution in [0.25, 0.3) is 11.1 Å². The maximum atomic E-state index is 13.7. The SMILES string of the molecule is Cl.Cl.FC(F)(F)[C@@H](c1cccc(-c2ccccc2)c1)N1CCNCC1. The van der Waals surface area contributed by atoms with Crippen molar-refractivity contribution in [2.75, 3.05) is 26.2 Å². The molecule has 1 fully saturated rings. The number of hydrogen-bond acceptors (Lipinski definition) is 2. The van der Waals surface area contributed by atoms with Gasteiger partial charge in [-0.05, 0) is 22.8 Å². The minimum Gasteiger partial charge on any atom is -0.314 e. The molecule has 0 aromatic heterocycles. The summed E-state index contributed by atoms with van der Waals surface area (Å²) in [7, 11) is 0. The summed E-state index contributed by atoms with van der Waals surface area (Å²) in [5.74, 6) is 0. The summed E-state index contributed by atoms with van der Waals surface area (Å²) in [4.78, 5) is 1.51. The van der Waals surface area contributed by atoms with Crippen molar-refractivity contribution in [3.63, 3.8) is 0 Å². The molecule has 1 N–H and O–H groups in total. The van der Waals surface area contributed by atoms with Crippen molar-refractivity contribution in [1.82, 2.24) is 10.2 Å². The predicted molar refractivity (Wildman–Crippen MR) is 99.6 cm³/mol. The van der Waals surface area contributed by atoms with Crippen LogP contribution in [-0.2, 0) is 0 Å². The first-order valence-electron chi connectivity index (χ1n) is 7.72. The monoisotopic (exact) mass is 392 g/mol. The van der Waals surface area contributed by atoms with E-state index < -0.39 is 12.2 Å². The molecule has 0 bridgehead atoms. The molecule has 0 saturated carbocycles. The molecule has 0 amide bonds. The number of piperazine rings is 1. The van der Waals surface area contributed by atoms with Crippen molar-refractivity contribution < 1.29 is 13.2 Å². The van der Waals surface area contributed by atoms with Crippen molar-refractivity contribution in [2.45, 2.75) is 12.2 Å². The third-order valence-electron chi connectivity index (χ3n) is 4.14. The zero-order valence-corrected chi connectivity index (χ0v) is 15.1. The first kappa shape index (κ1) is 21.8. The molecule has 2 aromatic rings. The quantitative estimate of drug-likeness (QED) is 0.813. The highest BCUT2D eigenvalue weighted by atomic mass is 35.5. The van der Waals surface area contributed by atoms with E-state index in [-0.39, 0.29) is 24.8 Å². The second-order valence-electron chi connectivity index (χ2n) is 5.72. The highest BCUT2D eigenvalue weighted by Crippen LogP contribution is 2.38. The van der Waals surface area contributed by atoms with Crippen molar-refractivity contribution in [1.29, 1.82) is 0 Å². The molecule has 3 rings (SSSR count). The van der Waals surface area contributed by atoms with Crippen molar-refractivity contribution in [2.24, 2.45) is 0 Å². The topological polar surface area (TPSA) is 15.3 Å². The van der Waals surface area contributed by atoms with Crippen molar-refractivity contribution >= 4 is 24.8 Å². The molecule has 1 heterocycles. The normalized spacial score (nSPS) is 16.4. The van der Waals surface area contributed by atoms with Crippen LogP contribution in [0.15, 0.2) is 54.6 Å². The number of alkyl halides is 3. The van der Waals surface area contributed by atoms with Crippen LogP contribution in [0.5, 0.6) is 0 Å². The Hall–Kier alpha value is -1.27. The molecule has 0 unspecified atom stereocenters. The number of hydrogen-bond donors (Lipinski definition) is 1. The van der Waals surface area contributed by atoms with Crippen LogP contribution in [-0.4, -0.2) is 37.3 Å². The number of benzene rings is 2. The van der Waals surface area contributed by atoms with E-state index in [9.17, 15) is 13.2 Å². The second kappa shape index (κ2) is 9.43. The number of rotatable bonds is 3. The number of halogens is 5. The minimum absolute atomic E-state index is 0. The highest BCUT2D eigenvalue weighted by molar-refractivity contribution is 5.85. The van der Waals surface area contributed by atoms with Gasteiger partial charge in [0.1, 0.15) is 6.04 Å². The fraction of sp³-hybridized carbons (Fsp3) is 0.333. The predicted octanol–water partition coefficient (Wildman–Crippen LogP) is 4.71. The van der Waals surface area contributed by atoms with Gasteiger partial charge in [0.05, 0.1) is 0 Å². The van der Waals surface area contributed by atoms with E-state index >= 15 is 0 Å². The lowest BCUT2D eigenvalue weighted by Gasteiger charge is -2.36. The summed E-state index contributed by atoms with van der Waals surface area (Å²) in [6.45, 7) is 1.98. The van der Waals surface area contributed by atoms with Gasteiger partial charge in [0.15, 0.2) is 0 Å². The molecule has 0 aliphatic carbocycles. The maximum Gasteiger partial charge on any atom is 0.408 e. The van der Waals surface area contributed by atoms with Gasteiger partial charge < -0.3 is 5.32 Å². The van der Waals surface area contributed by atoms with E-state index in [4.69, 9.17) is 0 Å². The maximum absolute atomic E-state index is 13.7. The van der Waals surface area contributed by atoms with Crippen molar-refractivity contribution in [3.05, 3.63) is 60.2 Å². The van der Waals surface area contributed by atoms with E-state index in [2.05, 4.69) is 5.32 Å². The summed E-state index contributed by atoms with van der Waals surface area (Å²) in [5, 5.41) is 3.10. The molecule has 0 spiro atoms. The molecule has 1 saturated heterocycles. The van der Waals surface area contributed by atoms with Crippen LogP contribution < -0.4 is 5.32 Å². The largest absolute Gasteiger partial charge is 0.408 e. The fourth-order valence-corrected chi connectivity index (χ4v) is 3.07. The molecule has 138 valence electrons. The smallest absolute Gasteiger partial charge is 0.314 e. The van der Waals surface area contributed by atoms with Crippen molar-refractivity contribution in [3.8, 4) is 11.1 Å². The summed E-state index contributed by atoms with van der Waals surface area (Å²) < 4.78 is 41.0. The van der Waals surface area contributed by atoms with Gasteiger partial charge >= 0.3 is 6.18 Å². The average Bonchev–Trinajstić information content (AvgIpc) is 2.56. The Balaban J connectivity index is 0.00000156. The Morgan fingerprint density at radius 2 is 1.44 bits per heavy atom. The Morgan fingerprint density at radius 3 is 2.04 bits per heavy atom. The van der Waals surface area contributed by atoms with Crippen LogP contribution >= 0.6 is 24.8 Å². The molecule has 1 aliphatic rings. The Labute approximate surface area is 158 Å². The summed E-state index contributed by atoms with van der Waals surface area (Å²) in [6.07, 6.45) is -4.29. The Kier molecular flexibility index (Phi) is 8.22. The fourth-order valence-electron chi connectivity index (χ4n) is 3.07. The van der Waals surface area contributed by atoms with E-state index in [1.54, 1.807) is 18.2 Å². The second-order valence-corrected chi connectivity index (χ2v) is 5.72. The molecular formula is C18H21Cl2F3N2. The molecule has 0 radical (unpaired) electrons. The average molecular weight is 393 g/mol. The first-order chi connectivity index (χ1) is 11.1. The lowest BCUT2D eigenvalue weighted by molar-refractivity contribution is -0.187. The Bertz CT molecular complexity index is 644. The third-order valence-corrected chi connectivity index (χ3v) is 4.14. The van der Waals surface area contributed by atoms with Crippen LogP contribution in [0.3, 0.4) is 0 Å².